The first-order chi connectivity index (χ1) is 8.61. The Balaban J connectivity index is 2.17. The Morgan fingerprint density at radius 1 is 1.56 bits per heavy atom. The van der Waals surface area contributed by atoms with Gasteiger partial charge in [0.1, 0.15) is 0 Å². The average molecular weight is 353 g/mol. The summed E-state index contributed by atoms with van der Waals surface area (Å²) in [5, 5.41) is 0.545. The average Bonchev–Trinajstić information content (AvgIpc) is 2.41. The van der Waals surface area contributed by atoms with Crippen molar-refractivity contribution in [2.45, 2.75) is 6.10 Å². The summed E-state index contributed by atoms with van der Waals surface area (Å²) in [5.74, 6) is 0.336. The summed E-state index contributed by atoms with van der Waals surface area (Å²) in [4.78, 5) is 14.1. The lowest BCUT2D eigenvalue weighted by molar-refractivity contribution is -0.0108. The molecule has 3 nitrogen and oxygen atoms in total. The van der Waals surface area contributed by atoms with E-state index in [1.807, 2.05) is 0 Å². The Kier molecular flexibility index (Phi) is 4.90. The summed E-state index contributed by atoms with van der Waals surface area (Å²) in [5.41, 5.74) is 0.567. The van der Waals surface area contributed by atoms with Crippen molar-refractivity contribution in [1.29, 1.82) is 0 Å². The van der Waals surface area contributed by atoms with Crippen molar-refractivity contribution < 1.29 is 9.53 Å². The highest BCUT2D eigenvalue weighted by molar-refractivity contribution is 9.10. The normalized spacial score (nSPS) is 19.9. The lowest BCUT2D eigenvalue weighted by Crippen LogP contribution is -2.46. The van der Waals surface area contributed by atoms with Crippen LogP contribution >= 0.6 is 39.1 Å². The minimum atomic E-state index is -0.0951. The molecule has 1 aliphatic heterocycles. The number of hydrogen-bond acceptors (Lipinski definition) is 2. The summed E-state index contributed by atoms with van der Waals surface area (Å²) >= 11 is 15.0. The van der Waals surface area contributed by atoms with Gasteiger partial charge in [-0.3, -0.25) is 4.79 Å². The van der Waals surface area contributed by atoms with Gasteiger partial charge in [-0.05, 0) is 34.1 Å². The third kappa shape index (κ3) is 3.18. The van der Waals surface area contributed by atoms with E-state index in [4.69, 9.17) is 27.9 Å². The highest BCUT2D eigenvalue weighted by Crippen LogP contribution is 2.23. The number of carbonyl (C=O) groups is 1. The number of halogens is 3. The van der Waals surface area contributed by atoms with Gasteiger partial charge < -0.3 is 9.64 Å². The van der Waals surface area contributed by atoms with Gasteiger partial charge in [-0.1, -0.05) is 11.6 Å². The van der Waals surface area contributed by atoms with Crippen LogP contribution in [0.3, 0.4) is 0 Å². The molecule has 1 heterocycles. The van der Waals surface area contributed by atoms with Gasteiger partial charge in [0.2, 0.25) is 0 Å². The molecule has 1 aromatic rings. The Morgan fingerprint density at radius 2 is 2.33 bits per heavy atom. The van der Waals surface area contributed by atoms with Crippen molar-refractivity contribution in [3.05, 3.63) is 33.3 Å². The molecule has 1 saturated heterocycles. The zero-order chi connectivity index (χ0) is 13.1. The van der Waals surface area contributed by atoms with Crippen LogP contribution in [0.25, 0.3) is 0 Å². The van der Waals surface area contributed by atoms with Crippen molar-refractivity contribution in [2.75, 3.05) is 25.6 Å². The molecule has 6 heteroatoms. The van der Waals surface area contributed by atoms with E-state index in [1.54, 1.807) is 23.1 Å². The van der Waals surface area contributed by atoms with Crippen LogP contribution in [-0.2, 0) is 4.74 Å². The molecule has 1 fully saturated rings. The number of ether oxygens (including phenoxy) is 1. The Bertz CT molecular complexity index is 456. The fourth-order valence-corrected chi connectivity index (χ4v) is 2.60. The fourth-order valence-electron chi connectivity index (χ4n) is 1.83. The predicted molar refractivity (Wildman–Crippen MR) is 75.5 cm³/mol. The Labute approximate surface area is 124 Å². The fraction of sp³-hybridized carbons (Fsp3) is 0.417. The summed E-state index contributed by atoms with van der Waals surface area (Å²) in [6.45, 7) is 1.60. The van der Waals surface area contributed by atoms with Gasteiger partial charge in [0.05, 0.1) is 24.2 Å². The van der Waals surface area contributed by atoms with Gasteiger partial charge >= 0.3 is 0 Å². The van der Waals surface area contributed by atoms with Gasteiger partial charge in [0.15, 0.2) is 0 Å². The number of benzene rings is 1. The van der Waals surface area contributed by atoms with Crippen LogP contribution < -0.4 is 0 Å². The van der Waals surface area contributed by atoms with Gasteiger partial charge in [-0.15, -0.1) is 11.6 Å². The van der Waals surface area contributed by atoms with E-state index in [2.05, 4.69) is 15.9 Å². The Hall–Kier alpha value is -0.290. The Morgan fingerprint density at radius 3 is 3.06 bits per heavy atom. The molecule has 0 aliphatic carbocycles. The molecular weight excluding hydrogens is 341 g/mol. The maximum atomic E-state index is 12.4. The molecule has 0 radical (unpaired) electrons. The van der Waals surface area contributed by atoms with Gasteiger partial charge in [-0.25, -0.2) is 0 Å². The minimum absolute atomic E-state index is 0.0530. The lowest BCUT2D eigenvalue weighted by Gasteiger charge is -2.32. The highest BCUT2D eigenvalue weighted by atomic mass is 79.9. The first-order valence-corrected chi connectivity index (χ1v) is 7.24. The summed E-state index contributed by atoms with van der Waals surface area (Å²) < 4.78 is 6.18. The molecule has 1 aliphatic rings. The van der Waals surface area contributed by atoms with E-state index >= 15 is 0 Å². The van der Waals surface area contributed by atoms with Crippen molar-refractivity contribution in [1.82, 2.24) is 4.90 Å². The maximum absolute atomic E-state index is 12.4. The number of morpholine rings is 1. The summed E-state index contributed by atoms with van der Waals surface area (Å²) in [7, 11) is 0. The highest BCUT2D eigenvalue weighted by Gasteiger charge is 2.25. The van der Waals surface area contributed by atoms with Crippen molar-refractivity contribution in [3.63, 3.8) is 0 Å². The van der Waals surface area contributed by atoms with E-state index in [9.17, 15) is 4.79 Å². The third-order valence-corrected chi connectivity index (χ3v) is 4.03. The van der Waals surface area contributed by atoms with Gasteiger partial charge in [-0.2, -0.15) is 0 Å². The molecule has 0 N–H and O–H groups in total. The van der Waals surface area contributed by atoms with Crippen LogP contribution in [0.4, 0.5) is 0 Å². The molecule has 1 unspecified atom stereocenters. The predicted octanol–water partition coefficient (Wildman–Crippen LogP) is 3.18. The monoisotopic (exact) mass is 351 g/mol. The number of rotatable bonds is 2. The van der Waals surface area contributed by atoms with E-state index < -0.39 is 0 Å². The maximum Gasteiger partial charge on any atom is 0.255 e. The standard InChI is InChI=1S/C12H12BrCl2NO2/c13-11-2-1-8(15)5-10(11)12(17)16-3-4-18-9(6-14)7-16/h1-2,5,9H,3-4,6-7H2. The third-order valence-electron chi connectivity index (χ3n) is 2.76. The van der Waals surface area contributed by atoms with E-state index in [0.29, 0.717) is 36.2 Å². The van der Waals surface area contributed by atoms with E-state index in [0.717, 1.165) is 4.47 Å². The number of alkyl halides is 1. The molecule has 1 atom stereocenters. The van der Waals surface area contributed by atoms with Crippen molar-refractivity contribution in [3.8, 4) is 0 Å². The quantitative estimate of drug-likeness (QED) is 0.765. The first kappa shape index (κ1) is 14.1. The van der Waals surface area contributed by atoms with Gasteiger partial charge in [0.25, 0.3) is 5.91 Å². The van der Waals surface area contributed by atoms with Crippen LogP contribution in [-0.4, -0.2) is 42.5 Å². The van der Waals surface area contributed by atoms with Crippen LogP contribution in [0.5, 0.6) is 0 Å². The lowest BCUT2D eigenvalue weighted by atomic mass is 10.2. The number of nitrogens with zero attached hydrogens (tertiary/aromatic N) is 1. The molecule has 0 spiro atoms. The smallest absolute Gasteiger partial charge is 0.255 e. The number of amides is 1. The zero-order valence-corrected chi connectivity index (χ0v) is 12.6. The molecular formula is C12H12BrCl2NO2. The van der Waals surface area contributed by atoms with Crippen molar-refractivity contribution >= 4 is 45.0 Å². The number of hydrogen-bond donors (Lipinski definition) is 0. The second-order valence-corrected chi connectivity index (χ2v) is 5.62. The summed E-state index contributed by atoms with van der Waals surface area (Å²) in [6, 6.07) is 5.18. The van der Waals surface area contributed by atoms with Crippen LogP contribution in [0.15, 0.2) is 22.7 Å². The molecule has 0 bridgehead atoms. The first-order valence-electron chi connectivity index (χ1n) is 5.53. The van der Waals surface area contributed by atoms with Gasteiger partial charge in [0, 0.05) is 22.6 Å². The van der Waals surface area contributed by atoms with E-state index in [1.165, 1.54) is 0 Å². The number of carbonyl (C=O) groups excluding carboxylic acids is 1. The molecule has 0 saturated carbocycles. The van der Waals surface area contributed by atoms with Crippen LogP contribution in [0.2, 0.25) is 5.02 Å². The van der Waals surface area contributed by atoms with Crippen LogP contribution in [0.1, 0.15) is 10.4 Å². The van der Waals surface area contributed by atoms with Crippen molar-refractivity contribution in [2.24, 2.45) is 0 Å². The SMILES string of the molecule is O=C(c1cc(Cl)ccc1Br)N1CCOC(CCl)C1. The van der Waals surface area contributed by atoms with Crippen LogP contribution in [0, 0.1) is 0 Å². The topological polar surface area (TPSA) is 29.5 Å². The second kappa shape index (κ2) is 6.24. The largest absolute Gasteiger partial charge is 0.373 e. The molecule has 2 rings (SSSR count). The molecule has 18 heavy (non-hydrogen) atoms. The zero-order valence-electron chi connectivity index (χ0n) is 9.54. The minimum Gasteiger partial charge on any atom is -0.373 e. The molecule has 98 valence electrons. The molecule has 0 aromatic heterocycles. The molecule has 1 aromatic carbocycles. The van der Waals surface area contributed by atoms with E-state index in [-0.39, 0.29) is 12.0 Å². The second-order valence-electron chi connectivity index (χ2n) is 4.02. The molecule has 1 amide bonds. The summed E-state index contributed by atoms with van der Waals surface area (Å²) in [6.07, 6.45) is -0.0951.